The van der Waals surface area contributed by atoms with E-state index in [4.69, 9.17) is 0 Å². The first kappa shape index (κ1) is 18.6. The number of amides is 1. The van der Waals surface area contributed by atoms with Crippen LogP contribution in [0.1, 0.15) is 37.6 Å². The largest absolute Gasteiger partial charge is 0.343 e. The van der Waals surface area contributed by atoms with Crippen LogP contribution in [0.3, 0.4) is 0 Å². The highest BCUT2D eigenvalue weighted by Crippen LogP contribution is 2.18. The Kier molecular flexibility index (Phi) is 5.65. The first-order valence-corrected chi connectivity index (χ1v) is 10.4. The summed E-state index contributed by atoms with van der Waals surface area (Å²) in [6.07, 6.45) is 0.953. The molecule has 142 valence electrons. The summed E-state index contributed by atoms with van der Waals surface area (Å²) in [4.78, 5) is 27.8. The molecule has 1 aromatic heterocycles. The molecule has 0 spiro atoms. The molecule has 0 aliphatic carbocycles. The normalized spacial score (nSPS) is 18.7. The summed E-state index contributed by atoms with van der Waals surface area (Å²) in [7, 11) is 0. The topological polar surface area (TPSA) is 50.6 Å². The van der Waals surface area contributed by atoms with Crippen molar-refractivity contribution in [3.05, 3.63) is 93.7 Å². The summed E-state index contributed by atoms with van der Waals surface area (Å²) in [5.74, 6) is -0.255. The first-order chi connectivity index (χ1) is 13.7. The maximum atomic E-state index is 12.9. The molecule has 2 atom stereocenters. The lowest BCUT2D eigenvalue weighted by atomic mass is 10.0. The maximum absolute atomic E-state index is 12.9. The van der Waals surface area contributed by atoms with Gasteiger partial charge in [-0.05, 0) is 17.5 Å². The Hall–Kier alpha value is -2.76. The van der Waals surface area contributed by atoms with E-state index >= 15 is 0 Å². The van der Waals surface area contributed by atoms with E-state index in [1.165, 1.54) is 21.8 Å². The van der Waals surface area contributed by atoms with Gasteiger partial charge < -0.3 is 10.2 Å². The van der Waals surface area contributed by atoms with Gasteiger partial charge >= 0.3 is 0 Å². The van der Waals surface area contributed by atoms with Gasteiger partial charge in [0.1, 0.15) is 6.54 Å². The van der Waals surface area contributed by atoms with E-state index in [0.717, 1.165) is 26.1 Å². The van der Waals surface area contributed by atoms with Crippen molar-refractivity contribution in [3.8, 4) is 0 Å². The number of hydrogen-bond acceptors (Lipinski definition) is 3. The predicted molar refractivity (Wildman–Crippen MR) is 111 cm³/mol. The number of quaternary nitrogens is 1. The number of benzene rings is 2. The molecule has 28 heavy (non-hydrogen) atoms. The molecule has 2 heterocycles. The van der Waals surface area contributed by atoms with Crippen LogP contribution in [-0.4, -0.2) is 30.8 Å². The van der Waals surface area contributed by atoms with Crippen LogP contribution in [0.5, 0.6) is 0 Å². The molecule has 4 rings (SSSR count). The summed E-state index contributed by atoms with van der Waals surface area (Å²) < 4.78 is 0. The van der Waals surface area contributed by atoms with Crippen LogP contribution in [0, 0.1) is 0 Å². The molecule has 1 amide bonds. The maximum Gasteiger partial charge on any atom is 0.252 e. The van der Waals surface area contributed by atoms with E-state index in [1.807, 2.05) is 23.6 Å². The van der Waals surface area contributed by atoms with Crippen molar-refractivity contribution < 1.29 is 14.5 Å². The zero-order valence-corrected chi connectivity index (χ0v) is 16.4. The monoisotopic (exact) mass is 391 g/mol. The van der Waals surface area contributed by atoms with Gasteiger partial charge in [0, 0.05) is 17.5 Å². The van der Waals surface area contributed by atoms with Gasteiger partial charge in [-0.25, -0.2) is 0 Å². The number of hydrogen-bond donors (Lipinski definition) is 2. The molecule has 1 unspecified atom stereocenters. The third-order valence-corrected chi connectivity index (χ3v) is 6.04. The van der Waals surface area contributed by atoms with Gasteiger partial charge in [-0.3, -0.25) is 9.59 Å². The fourth-order valence-corrected chi connectivity index (χ4v) is 4.46. The summed E-state index contributed by atoms with van der Waals surface area (Å²) in [5, 5.41) is 5.02. The molecule has 0 radical (unpaired) electrons. The number of ketones is 1. The predicted octanol–water partition coefficient (Wildman–Crippen LogP) is 2.57. The van der Waals surface area contributed by atoms with E-state index in [1.54, 1.807) is 24.3 Å². The van der Waals surface area contributed by atoms with Gasteiger partial charge in [-0.2, -0.15) is 0 Å². The van der Waals surface area contributed by atoms with Crippen molar-refractivity contribution in [1.29, 1.82) is 0 Å². The number of likely N-dealkylation sites (tertiary alicyclic amines) is 1. The lowest BCUT2D eigenvalue weighted by molar-refractivity contribution is -0.901. The van der Waals surface area contributed by atoms with Crippen molar-refractivity contribution in [3.63, 3.8) is 0 Å². The highest BCUT2D eigenvalue weighted by atomic mass is 32.1. The molecular formula is C23H23N2O2S+. The van der Waals surface area contributed by atoms with Crippen molar-refractivity contribution in [2.45, 2.75) is 19.0 Å². The minimum Gasteiger partial charge on any atom is -0.343 e. The SMILES string of the molecule is O=C(N[C@H]1CC[NH+](Cc2ccccc2)C1)c1ccccc1C(=O)c1cccs1. The Morgan fingerprint density at radius 1 is 0.964 bits per heavy atom. The average Bonchev–Trinajstić information content (AvgIpc) is 3.41. The van der Waals surface area contributed by atoms with Gasteiger partial charge in [-0.15, -0.1) is 11.3 Å². The molecule has 0 saturated carbocycles. The second-order valence-corrected chi connectivity index (χ2v) is 8.13. The van der Waals surface area contributed by atoms with Crippen LogP contribution in [0.15, 0.2) is 72.1 Å². The van der Waals surface area contributed by atoms with Gasteiger partial charge in [0.2, 0.25) is 5.78 Å². The van der Waals surface area contributed by atoms with Crippen LogP contribution in [0.4, 0.5) is 0 Å². The number of nitrogens with one attached hydrogen (secondary N) is 2. The van der Waals surface area contributed by atoms with Gasteiger partial charge in [0.25, 0.3) is 5.91 Å². The van der Waals surface area contributed by atoms with Crippen LogP contribution in [0.2, 0.25) is 0 Å². The van der Waals surface area contributed by atoms with Gasteiger partial charge in [-0.1, -0.05) is 54.6 Å². The Morgan fingerprint density at radius 3 is 2.46 bits per heavy atom. The molecule has 3 aromatic rings. The number of rotatable bonds is 6. The Balaban J connectivity index is 1.41. The summed E-state index contributed by atoms with van der Waals surface area (Å²) in [6.45, 7) is 2.91. The lowest BCUT2D eigenvalue weighted by Crippen LogP contribution is -3.09. The zero-order chi connectivity index (χ0) is 19.3. The Bertz CT molecular complexity index is 954. The molecule has 1 aliphatic heterocycles. The molecule has 2 aromatic carbocycles. The summed E-state index contributed by atoms with van der Waals surface area (Å²) in [6, 6.07) is 21.3. The summed E-state index contributed by atoms with van der Waals surface area (Å²) >= 11 is 1.40. The summed E-state index contributed by atoms with van der Waals surface area (Å²) in [5.41, 5.74) is 2.24. The fraction of sp³-hybridized carbons (Fsp3) is 0.217. The Morgan fingerprint density at radius 2 is 1.71 bits per heavy atom. The van der Waals surface area contributed by atoms with Gasteiger partial charge in [0.05, 0.1) is 29.6 Å². The highest BCUT2D eigenvalue weighted by Gasteiger charge is 2.28. The van der Waals surface area contributed by atoms with Crippen LogP contribution in [0.25, 0.3) is 0 Å². The molecule has 5 heteroatoms. The number of carbonyl (C=O) groups excluding carboxylic acids is 2. The van der Waals surface area contributed by atoms with E-state index in [2.05, 4.69) is 29.6 Å². The number of carbonyl (C=O) groups is 2. The minimum absolute atomic E-state index is 0.0940. The minimum atomic E-state index is -0.161. The molecular weight excluding hydrogens is 368 g/mol. The van der Waals surface area contributed by atoms with E-state index in [9.17, 15) is 9.59 Å². The first-order valence-electron chi connectivity index (χ1n) is 9.56. The molecule has 2 N–H and O–H groups in total. The number of thiophene rings is 1. The lowest BCUT2D eigenvalue weighted by Gasteiger charge is -2.15. The van der Waals surface area contributed by atoms with Crippen molar-refractivity contribution in [2.75, 3.05) is 13.1 Å². The third-order valence-electron chi connectivity index (χ3n) is 5.17. The van der Waals surface area contributed by atoms with E-state index in [0.29, 0.717) is 16.0 Å². The molecule has 1 saturated heterocycles. The second kappa shape index (κ2) is 8.50. The van der Waals surface area contributed by atoms with Crippen LogP contribution in [-0.2, 0) is 6.54 Å². The zero-order valence-electron chi connectivity index (χ0n) is 15.6. The molecule has 1 aliphatic rings. The van der Waals surface area contributed by atoms with Gasteiger partial charge in [0.15, 0.2) is 0 Å². The standard InChI is InChI=1S/C23H22N2O2S/c26-22(21-11-6-14-28-21)19-9-4-5-10-20(19)23(27)24-18-12-13-25(16-18)15-17-7-2-1-3-8-17/h1-11,14,18H,12-13,15-16H2,(H,24,27)/p+1/t18-/m0/s1. The van der Waals surface area contributed by atoms with Crippen molar-refractivity contribution >= 4 is 23.0 Å². The fourth-order valence-electron chi connectivity index (χ4n) is 3.78. The molecule has 1 fully saturated rings. The van der Waals surface area contributed by atoms with Crippen LogP contribution < -0.4 is 10.2 Å². The third kappa shape index (κ3) is 4.21. The van der Waals surface area contributed by atoms with E-state index < -0.39 is 0 Å². The van der Waals surface area contributed by atoms with Crippen molar-refractivity contribution in [1.82, 2.24) is 5.32 Å². The molecule has 4 nitrogen and oxygen atoms in total. The highest BCUT2D eigenvalue weighted by molar-refractivity contribution is 7.12. The quantitative estimate of drug-likeness (QED) is 0.635. The van der Waals surface area contributed by atoms with Crippen molar-refractivity contribution in [2.24, 2.45) is 0 Å². The van der Waals surface area contributed by atoms with Crippen LogP contribution >= 0.6 is 11.3 Å². The smallest absolute Gasteiger partial charge is 0.252 e. The second-order valence-electron chi connectivity index (χ2n) is 7.18. The van der Waals surface area contributed by atoms with E-state index in [-0.39, 0.29) is 17.7 Å². The Labute approximate surface area is 168 Å². The average molecular weight is 392 g/mol. The molecule has 0 bridgehead atoms.